The molecule has 0 saturated heterocycles. The van der Waals surface area contributed by atoms with Gasteiger partial charge in [-0.15, -0.1) is 0 Å². The summed E-state index contributed by atoms with van der Waals surface area (Å²) in [6.07, 6.45) is 4.25. The number of rotatable bonds is 7. The molecule has 1 amide bonds. The molecule has 27 heavy (non-hydrogen) atoms. The van der Waals surface area contributed by atoms with E-state index in [-0.39, 0.29) is 5.91 Å². The second kappa shape index (κ2) is 8.16. The van der Waals surface area contributed by atoms with Crippen molar-refractivity contribution < 1.29 is 4.79 Å². The van der Waals surface area contributed by atoms with Crippen LogP contribution in [-0.4, -0.2) is 30.5 Å². The lowest BCUT2D eigenvalue weighted by Crippen LogP contribution is -2.13. The zero-order chi connectivity index (χ0) is 19.4. The van der Waals surface area contributed by atoms with Crippen LogP contribution in [0.3, 0.4) is 0 Å². The van der Waals surface area contributed by atoms with E-state index in [4.69, 9.17) is 0 Å². The summed E-state index contributed by atoms with van der Waals surface area (Å²) in [4.78, 5) is 16.3. The molecule has 3 rings (SSSR count). The Hall–Kier alpha value is -2.96. The molecule has 142 valence electrons. The minimum absolute atomic E-state index is 0.00100. The van der Waals surface area contributed by atoms with Crippen LogP contribution in [0.4, 0.5) is 5.69 Å². The second-order valence-electron chi connectivity index (χ2n) is 7.16. The largest absolute Gasteiger partial charge is 0.326 e. The molecule has 7 nitrogen and oxygen atoms in total. The Morgan fingerprint density at radius 2 is 1.93 bits per heavy atom. The minimum atomic E-state index is -0.00100. The third kappa shape index (κ3) is 4.61. The molecular formula is C20H26N6O. The lowest BCUT2D eigenvalue weighted by Gasteiger charge is -2.09. The van der Waals surface area contributed by atoms with Crippen molar-refractivity contribution in [2.24, 2.45) is 5.92 Å². The van der Waals surface area contributed by atoms with Crippen LogP contribution in [0.2, 0.25) is 0 Å². The van der Waals surface area contributed by atoms with Gasteiger partial charge in [-0.3, -0.25) is 9.48 Å². The van der Waals surface area contributed by atoms with E-state index in [9.17, 15) is 4.79 Å². The van der Waals surface area contributed by atoms with E-state index >= 15 is 0 Å². The highest BCUT2D eigenvalue weighted by molar-refractivity contribution is 5.90. The van der Waals surface area contributed by atoms with Gasteiger partial charge in [-0.2, -0.15) is 10.2 Å². The normalized spacial score (nSPS) is 11.1. The molecule has 7 heteroatoms. The van der Waals surface area contributed by atoms with Crippen molar-refractivity contribution >= 4 is 11.6 Å². The molecule has 0 spiro atoms. The fourth-order valence-corrected chi connectivity index (χ4v) is 3.12. The fourth-order valence-electron chi connectivity index (χ4n) is 3.12. The number of aromatic nitrogens is 5. The number of hydrogen-bond acceptors (Lipinski definition) is 4. The van der Waals surface area contributed by atoms with Gasteiger partial charge in [0.25, 0.3) is 0 Å². The smallest absolute Gasteiger partial charge is 0.224 e. The topological polar surface area (TPSA) is 77.6 Å². The van der Waals surface area contributed by atoms with E-state index in [1.807, 2.05) is 31.2 Å². The highest BCUT2D eigenvalue weighted by Gasteiger charge is 2.14. The van der Waals surface area contributed by atoms with Gasteiger partial charge in [0.05, 0.1) is 11.4 Å². The lowest BCUT2D eigenvalue weighted by atomic mass is 10.1. The first-order valence-electron chi connectivity index (χ1n) is 9.22. The number of hydrogen-bond donors (Lipinski definition) is 1. The van der Waals surface area contributed by atoms with Crippen molar-refractivity contribution in [1.82, 2.24) is 24.5 Å². The Labute approximate surface area is 159 Å². The Bertz CT molecular complexity index is 893. The third-order valence-electron chi connectivity index (χ3n) is 4.51. The molecule has 2 aromatic heterocycles. The summed E-state index contributed by atoms with van der Waals surface area (Å²) >= 11 is 0. The summed E-state index contributed by atoms with van der Waals surface area (Å²) in [7, 11) is 0. The number of carbonyl (C=O) groups excluding carboxylic acids is 1. The molecule has 0 aliphatic heterocycles. The number of anilines is 1. The molecule has 0 fully saturated rings. The highest BCUT2D eigenvalue weighted by atomic mass is 16.1. The van der Waals surface area contributed by atoms with Crippen LogP contribution in [0.1, 0.15) is 37.2 Å². The molecular weight excluding hydrogens is 340 g/mol. The first-order chi connectivity index (χ1) is 12.9. The Kier molecular flexibility index (Phi) is 5.69. The number of aryl methyl sites for hydroxylation is 1. The molecule has 0 aliphatic carbocycles. The van der Waals surface area contributed by atoms with Gasteiger partial charge in [-0.05, 0) is 56.0 Å². The number of benzene rings is 1. The van der Waals surface area contributed by atoms with E-state index in [1.165, 1.54) is 11.9 Å². The maximum absolute atomic E-state index is 12.3. The van der Waals surface area contributed by atoms with Crippen molar-refractivity contribution in [3.05, 3.63) is 53.9 Å². The first-order valence-corrected chi connectivity index (χ1v) is 9.22. The molecule has 3 aromatic rings. The lowest BCUT2D eigenvalue weighted by molar-refractivity contribution is -0.116. The molecule has 1 aromatic carbocycles. The quantitative estimate of drug-likeness (QED) is 0.696. The van der Waals surface area contributed by atoms with Crippen molar-refractivity contribution in [3.63, 3.8) is 0 Å². The molecule has 0 saturated carbocycles. The number of nitrogens with zero attached hydrogens (tertiary/aromatic N) is 5. The standard InChI is InChI=1S/C20H26N6O/c1-14(2)11-25-16(4)19(15(3)24-25)9-10-20(27)23-17-5-7-18(8-6-17)26-13-21-12-22-26/h5-8,12-14H,9-11H2,1-4H3,(H,23,27). The Morgan fingerprint density at radius 3 is 2.56 bits per heavy atom. The van der Waals surface area contributed by atoms with Gasteiger partial charge in [-0.1, -0.05) is 13.8 Å². The summed E-state index contributed by atoms with van der Waals surface area (Å²) in [6.45, 7) is 9.35. The van der Waals surface area contributed by atoms with Gasteiger partial charge >= 0.3 is 0 Å². The van der Waals surface area contributed by atoms with E-state index < -0.39 is 0 Å². The Morgan fingerprint density at radius 1 is 1.19 bits per heavy atom. The van der Waals surface area contributed by atoms with E-state index in [0.29, 0.717) is 18.8 Å². The van der Waals surface area contributed by atoms with Crippen molar-refractivity contribution in [2.45, 2.75) is 47.1 Å². The summed E-state index contributed by atoms with van der Waals surface area (Å²) < 4.78 is 3.72. The molecule has 1 N–H and O–H groups in total. The molecule has 0 atom stereocenters. The van der Waals surface area contributed by atoms with Crippen LogP contribution in [0.5, 0.6) is 0 Å². The average molecular weight is 366 g/mol. The molecule has 0 unspecified atom stereocenters. The maximum Gasteiger partial charge on any atom is 0.224 e. The molecule has 0 radical (unpaired) electrons. The number of amides is 1. The zero-order valence-corrected chi connectivity index (χ0v) is 16.3. The summed E-state index contributed by atoms with van der Waals surface area (Å²) in [5.41, 5.74) is 5.01. The third-order valence-corrected chi connectivity index (χ3v) is 4.51. The van der Waals surface area contributed by atoms with Gasteiger partial charge in [0, 0.05) is 24.3 Å². The summed E-state index contributed by atoms with van der Waals surface area (Å²) in [5.74, 6) is 0.540. The van der Waals surface area contributed by atoms with Crippen molar-refractivity contribution in [1.29, 1.82) is 0 Å². The second-order valence-corrected chi connectivity index (χ2v) is 7.16. The monoisotopic (exact) mass is 366 g/mol. The summed E-state index contributed by atoms with van der Waals surface area (Å²) in [5, 5.41) is 11.7. The highest BCUT2D eigenvalue weighted by Crippen LogP contribution is 2.17. The van der Waals surface area contributed by atoms with Crippen molar-refractivity contribution in [2.75, 3.05) is 5.32 Å². The van der Waals surface area contributed by atoms with E-state index in [0.717, 1.165) is 29.3 Å². The fraction of sp³-hybridized carbons (Fsp3) is 0.400. The van der Waals surface area contributed by atoms with Crippen LogP contribution >= 0.6 is 0 Å². The van der Waals surface area contributed by atoms with Gasteiger partial charge in [0.15, 0.2) is 0 Å². The van der Waals surface area contributed by atoms with Gasteiger partial charge < -0.3 is 5.32 Å². The van der Waals surface area contributed by atoms with Gasteiger partial charge in [-0.25, -0.2) is 9.67 Å². The zero-order valence-electron chi connectivity index (χ0n) is 16.3. The summed E-state index contributed by atoms with van der Waals surface area (Å²) in [6, 6.07) is 7.53. The van der Waals surface area contributed by atoms with Crippen LogP contribution in [0, 0.1) is 19.8 Å². The van der Waals surface area contributed by atoms with Gasteiger partial charge in [0.1, 0.15) is 12.7 Å². The van der Waals surface area contributed by atoms with Crippen LogP contribution < -0.4 is 5.32 Å². The van der Waals surface area contributed by atoms with Crippen molar-refractivity contribution in [3.8, 4) is 5.69 Å². The average Bonchev–Trinajstić information content (AvgIpc) is 3.23. The molecule has 0 bridgehead atoms. The Balaban J connectivity index is 1.58. The molecule has 0 aliphatic rings. The number of carbonyl (C=O) groups is 1. The molecule has 2 heterocycles. The maximum atomic E-state index is 12.3. The minimum Gasteiger partial charge on any atom is -0.326 e. The first kappa shape index (κ1) is 18.8. The van der Waals surface area contributed by atoms with E-state index in [1.54, 1.807) is 11.0 Å². The predicted octanol–water partition coefficient (Wildman–Crippen LogP) is 3.31. The number of nitrogens with one attached hydrogen (secondary N) is 1. The van der Waals surface area contributed by atoms with Crippen LogP contribution in [0.25, 0.3) is 5.69 Å². The van der Waals surface area contributed by atoms with Crippen LogP contribution in [0.15, 0.2) is 36.9 Å². The SMILES string of the molecule is Cc1nn(CC(C)C)c(C)c1CCC(=O)Nc1ccc(-n2cncn2)cc1. The predicted molar refractivity (Wildman–Crippen MR) is 105 cm³/mol. The van der Waals surface area contributed by atoms with Crippen LogP contribution in [-0.2, 0) is 17.8 Å². The van der Waals surface area contributed by atoms with Gasteiger partial charge in [0.2, 0.25) is 5.91 Å². The van der Waals surface area contributed by atoms with E-state index in [2.05, 4.69) is 46.0 Å².